The van der Waals surface area contributed by atoms with Gasteiger partial charge >= 0.3 is 5.69 Å². The van der Waals surface area contributed by atoms with E-state index in [9.17, 15) is 9.59 Å². The monoisotopic (exact) mass is 272 g/mol. The van der Waals surface area contributed by atoms with Gasteiger partial charge in [0.05, 0.1) is 5.69 Å². The summed E-state index contributed by atoms with van der Waals surface area (Å²) in [4.78, 5) is 26.1. The molecule has 0 atom stereocenters. The lowest BCUT2D eigenvalue weighted by Crippen LogP contribution is -2.32. The molecule has 0 aliphatic carbocycles. The van der Waals surface area contributed by atoms with Gasteiger partial charge in [0.1, 0.15) is 5.15 Å². The second kappa shape index (κ2) is 4.40. The summed E-state index contributed by atoms with van der Waals surface area (Å²) < 4.78 is 1.05. The van der Waals surface area contributed by atoms with Crippen molar-refractivity contribution in [2.75, 3.05) is 0 Å². The molecule has 0 fully saturated rings. The molecule has 1 aromatic heterocycles. The standard InChI is InChI=1S/C14H9ClN2O2/c15-12-8-13(18)17(14(19)16-12)11-6-5-9-3-1-2-4-10(9)7-11/h1-8H,(H,16,19). The number of rotatable bonds is 1. The van der Waals surface area contributed by atoms with Gasteiger partial charge in [0.25, 0.3) is 5.56 Å². The average Bonchev–Trinajstić information content (AvgIpc) is 2.37. The number of hydrogen-bond acceptors (Lipinski definition) is 2. The third kappa shape index (κ3) is 2.06. The predicted octanol–water partition coefficient (Wildman–Crippen LogP) is 2.33. The summed E-state index contributed by atoms with van der Waals surface area (Å²) in [6.07, 6.45) is 0. The van der Waals surface area contributed by atoms with Gasteiger partial charge in [0.2, 0.25) is 0 Å². The molecule has 2 aromatic carbocycles. The number of hydrogen-bond donors (Lipinski definition) is 1. The van der Waals surface area contributed by atoms with Gasteiger partial charge in [-0.2, -0.15) is 0 Å². The molecule has 3 rings (SSSR count). The Balaban J connectivity index is 2.31. The van der Waals surface area contributed by atoms with Gasteiger partial charge in [0, 0.05) is 6.07 Å². The highest BCUT2D eigenvalue weighted by molar-refractivity contribution is 6.29. The highest BCUT2D eigenvalue weighted by atomic mass is 35.5. The summed E-state index contributed by atoms with van der Waals surface area (Å²) >= 11 is 5.64. The molecule has 4 nitrogen and oxygen atoms in total. The molecule has 0 radical (unpaired) electrons. The molecule has 1 N–H and O–H groups in total. The van der Waals surface area contributed by atoms with Crippen LogP contribution in [0, 0.1) is 0 Å². The van der Waals surface area contributed by atoms with E-state index in [4.69, 9.17) is 11.6 Å². The van der Waals surface area contributed by atoms with E-state index in [1.807, 2.05) is 30.3 Å². The Hall–Kier alpha value is -2.33. The van der Waals surface area contributed by atoms with Gasteiger partial charge in [-0.1, -0.05) is 41.9 Å². The molecule has 0 bridgehead atoms. The minimum Gasteiger partial charge on any atom is -0.297 e. The van der Waals surface area contributed by atoms with Crippen LogP contribution in [0.5, 0.6) is 0 Å². The Kier molecular flexibility index (Phi) is 2.72. The van der Waals surface area contributed by atoms with Crippen LogP contribution < -0.4 is 11.2 Å². The van der Waals surface area contributed by atoms with Gasteiger partial charge in [-0.05, 0) is 22.9 Å². The molecule has 3 aromatic rings. The predicted molar refractivity (Wildman–Crippen MR) is 75.2 cm³/mol. The van der Waals surface area contributed by atoms with E-state index in [0.29, 0.717) is 5.69 Å². The van der Waals surface area contributed by atoms with Crippen LogP contribution in [-0.4, -0.2) is 9.55 Å². The van der Waals surface area contributed by atoms with Gasteiger partial charge in [0.15, 0.2) is 0 Å². The number of H-pyrrole nitrogens is 1. The van der Waals surface area contributed by atoms with E-state index < -0.39 is 11.2 Å². The number of nitrogens with one attached hydrogen (secondary N) is 1. The highest BCUT2D eigenvalue weighted by Gasteiger charge is 2.06. The van der Waals surface area contributed by atoms with Crippen molar-refractivity contribution in [3.8, 4) is 5.69 Å². The summed E-state index contributed by atoms with van der Waals surface area (Å²) in [5.41, 5.74) is -0.488. The van der Waals surface area contributed by atoms with Crippen molar-refractivity contribution in [1.29, 1.82) is 0 Å². The maximum atomic E-state index is 11.9. The fraction of sp³-hybridized carbons (Fsp3) is 0. The van der Waals surface area contributed by atoms with Gasteiger partial charge in [-0.3, -0.25) is 9.78 Å². The number of fused-ring (bicyclic) bond motifs is 1. The van der Waals surface area contributed by atoms with Gasteiger partial charge in [-0.15, -0.1) is 0 Å². The molecule has 5 heteroatoms. The van der Waals surface area contributed by atoms with Crippen molar-refractivity contribution in [3.63, 3.8) is 0 Å². The van der Waals surface area contributed by atoms with Crippen LogP contribution >= 0.6 is 11.6 Å². The lowest BCUT2D eigenvalue weighted by Gasteiger charge is -2.06. The van der Waals surface area contributed by atoms with E-state index in [0.717, 1.165) is 15.3 Å². The third-order valence-electron chi connectivity index (χ3n) is 2.89. The summed E-state index contributed by atoms with van der Waals surface area (Å²) in [5, 5.41) is 2.04. The first-order valence-electron chi connectivity index (χ1n) is 5.66. The molecule has 19 heavy (non-hydrogen) atoms. The lowest BCUT2D eigenvalue weighted by atomic mass is 10.1. The Morgan fingerprint density at radius 1 is 0.947 bits per heavy atom. The van der Waals surface area contributed by atoms with Crippen LogP contribution in [0.2, 0.25) is 5.15 Å². The average molecular weight is 273 g/mol. The van der Waals surface area contributed by atoms with Crippen LogP contribution in [0.25, 0.3) is 16.5 Å². The summed E-state index contributed by atoms with van der Waals surface area (Å²) in [6.45, 7) is 0. The maximum absolute atomic E-state index is 11.9. The molecule has 0 amide bonds. The van der Waals surface area contributed by atoms with E-state index in [1.54, 1.807) is 12.1 Å². The molecule has 1 heterocycles. The molecule has 0 saturated carbocycles. The number of nitrogens with zero attached hydrogens (tertiary/aromatic N) is 1. The van der Waals surface area contributed by atoms with E-state index in [1.165, 1.54) is 6.07 Å². The number of aromatic nitrogens is 2. The first-order valence-corrected chi connectivity index (χ1v) is 6.04. The first-order chi connectivity index (χ1) is 9.15. The first kappa shape index (κ1) is 11.7. The number of benzene rings is 2. The topological polar surface area (TPSA) is 54.9 Å². The largest absolute Gasteiger partial charge is 0.334 e. The van der Waals surface area contributed by atoms with E-state index >= 15 is 0 Å². The maximum Gasteiger partial charge on any atom is 0.334 e. The van der Waals surface area contributed by atoms with Gasteiger partial charge in [-0.25, -0.2) is 9.36 Å². The molecular formula is C14H9ClN2O2. The van der Waals surface area contributed by atoms with Crippen LogP contribution in [-0.2, 0) is 0 Å². The van der Waals surface area contributed by atoms with E-state index in [-0.39, 0.29) is 5.15 Å². The summed E-state index contributed by atoms with van der Waals surface area (Å²) in [7, 11) is 0. The zero-order valence-electron chi connectivity index (χ0n) is 9.76. The second-order valence-corrected chi connectivity index (χ2v) is 4.53. The molecular weight excluding hydrogens is 264 g/mol. The molecule has 94 valence electrons. The third-order valence-corrected chi connectivity index (χ3v) is 3.09. The van der Waals surface area contributed by atoms with Crippen molar-refractivity contribution in [1.82, 2.24) is 9.55 Å². The second-order valence-electron chi connectivity index (χ2n) is 4.13. The Labute approximate surface area is 112 Å². The fourth-order valence-corrected chi connectivity index (χ4v) is 2.20. The van der Waals surface area contributed by atoms with Crippen molar-refractivity contribution >= 4 is 22.4 Å². The van der Waals surface area contributed by atoms with Gasteiger partial charge < -0.3 is 0 Å². The lowest BCUT2D eigenvalue weighted by molar-refractivity contribution is 0.877. The number of halogens is 1. The van der Waals surface area contributed by atoms with Crippen molar-refractivity contribution < 1.29 is 0 Å². The molecule has 0 aliphatic rings. The molecule has 0 unspecified atom stereocenters. The Morgan fingerprint density at radius 3 is 2.42 bits per heavy atom. The minimum atomic E-state index is -0.548. The zero-order valence-corrected chi connectivity index (χ0v) is 10.5. The van der Waals surface area contributed by atoms with Crippen molar-refractivity contribution in [2.45, 2.75) is 0 Å². The molecule has 0 saturated heterocycles. The normalized spacial score (nSPS) is 10.8. The van der Waals surface area contributed by atoms with Crippen LogP contribution in [0.15, 0.2) is 58.1 Å². The SMILES string of the molecule is O=c1cc(Cl)[nH]c(=O)n1-c1ccc2ccccc2c1. The van der Waals surface area contributed by atoms with E-state index in [2.05, 4.69) is 4.98 Å². The quantitative estimate of drug-likeness (QED) is 0.691. The Bertz CT molecular complexity index is 849. The minimum absolute atomic E-state index is 0.0343. The fourth-order valence-electron chi connectivity index (χ4n) is 2.03. The summed E-state index contributed by atoms with van der Waals surface area (Å²) in [5.74, 6) is 0. The molecule has 0 spiro atoms. The number of aromatic amines is 1. The van der Waals surface area contributed by atoms with Crippen LogP contribution in [0.1, 0.15) is 0 Å². The van der Waals surface area contributed by atoms with Crippen LogP contribution in [0.4, 0.5) is 0 Å². The van der Waals surface area contributed by atoms with Crippen molar-refractivity contribution in [2.24, 2.45) is 0 Å². The zero-order chi connectivity index (χ0) is 13.4. The molecule has 0 aliphatic heterocycles. The highest BCUT2D eigenvalue weighted by Crippen LogP contribution is 2.16. The Morgan fingerprint density at radius 2 is 1.68 bits per heavy atom. The van der Waals surface area contributed by atoms with Crippen LogP contribution in [0.3, 0.4) is 0 Å². The smallest absolute Gasteiger partial charge is 0.297 e. The summed E-state index contributed by atoms with van der Waals surface area (Å²) in [6, 6.07) is 14.3. The van der Waals surface area contributed by atoms with Crippen molar-refractivity contribution in [3.05, 3.63) is 74.5 Å².